The van der Waals surface area contributed by atoms with Crippen molar-refractivity contribution < 1.29 is 9.53 Å². The summed E-state index contributed by atoms with van der Waals surface area (Å²) < 4.78 is 5.54. The molecule has 2 rings (SSSR count). The van der Waals surface area contributed by atoms with Gasteiger partial charge < -0.3 is 4.74 Å². The summed E-state index contributed by atoms with van der Waals surface area (Å²) in [5.41, 5.74) is 4.47. The van der Waals surface area contributed by atoms with Gasteiger partial charge in [-0.2, -0.15) is 0 Å². The van der Waals surface area contributed by atoms with Crippen LogP contribution in [0, 0.1) is 26.7 Å². The minimum absolute atomic E-state index is 0.292. The molecule has 1 saturated carbocycles. The molecule has 1 aliphatic carbocycles. The Hall–Kier alpha value is -1.15. The summed E-state index contributed by atoms with van der Waals surface area (Å²) in [6.07, 6.45) is 3.16. The van der Waals surface area contributed by atoms with Gasteiger partial charge in [0.1, 0.15) is 0 Å². The molecule has 1 aromatic carbocycles. The van der Waals surface area contributed by atoms with Crippen LogP contribution < -0.4 is 0 Å². The van der Waals surface area contributed by atoms with Crippen molar-refractivity contribution in [1.29, 1.82) is 0 Å². The van der Waals surface area contributed by atoms with Crippen molar-refractivity contribution in [1.82, 2.24) is 0 Å². The van der Waals surface area contributed by atoms with Crippen LogP contribution in [0.4, 0.5) is 0 Å². The van der Waals surface area contributed by atoms with E-state index in [0.29, 0.717) is 24.2 Å². The summed E-state index contributed by atoms with van der Waals surface area (Å²) in [4.78, 5) is 12.4. The molecule has 1 fully saturated rings. The van der Waals surface area contributed by atoms with Crippen LogP contribution in [0.2, 0.25) is 0 Å². The average molecular weight is 260 g/mol. The average Bonchev–Trinajstić information content (AvgIpc) is 2.31. The first-order valence-corrected chi connectivity index (χ1v) is 7.24. The lowest BCUT2D eigenvalue weighted by atomic mass is 9.78. The molecule has 0 radical (unpaired) electrons. The van der Waals surface area contributed by atoms with Gasteiger partial charge in [-0.1, -0.05) is 6.07 Å². The summed E-state index contributed by atoms with van der Waals surface area (Å²) in [7, 11) is 0. The van der Waals surface area contributed by atoms with Gasteiger partial charge in [0.15, 0.2) is 5.78 Å². The van der Waals surface area contributed by atoms with Gasteiger partial charge in [-0.15, -0.1) is 0 Å². The maximum Gasteiger partial charge on any atom is 0.163 e. The first kappa shape index (κ1) is 14.3. The summed E-state index contributed by atoms with van der Waals surface area (Å²) in [6, 6.07) is 4.16. The highest BCUT2D eigenvalue weighted by atomic mass is 16.5. The molecule has 0 aromatic heterocycles. The van der Waals surface area contributed by atoms with Crippen LogP contribution in [0.15, 0.2) is 12.1 Å². The molecular formula is C17H24O2. The lowest BCUT2D eigenvalue weighted by Crippen LogP contribution is -2.32. The van der Waals surface area contributed by atoms with Gasteiger partial charge in [-0.05, 0) is 69.2 Å². The highest BCUT2D eigenvalue weighted by Crippen LogP contribution is 2.34. The Morgan fingerprint density at radius 1 is 1.16 bits per heavy atom. The van der Waals surface area contributed by atoms with Crippen molar-refractivity contribution in [3.8, 4) is 0 Å². The lowest BCUT2D eigenvalue weighted by Gasteiger charge is -2.34. The van der Waals surface area contributed by atoms with Crippen molar-refractivity contribution in [3.05, 3.63) is 34.4 Å². The molecule has 0 unspecified atom stereocenters. The van der Waals surface area contributed by atoms with Crippen molar-refractivity contribution in [2.45, 2.75) is 53.1 Å². The van der Waals surface area contributed by atoms with E-state index in [2.05, 4.69) is 19.9 Å². The van der Waals surface area contributed by atoms with Gasteiger partial charge in [0.25, 0.3) is 0 Å². The largest absolute Gasteiger partial charge is 0.378 e. The second-order valence-electron chi connectivity index (χ2n) is 5.79. The SMILES string of the molecule is CCOC1CC(CC(=O)c2cc(C)c(C)cc2C)C1. The molecule has 2 nitrogen and oxygen atoms in total. The van der Waals surface area contributed by atoms with Crippen molar-refractivity contribution >= 4 is 5.78 Å². The summed E-state index contributed by atoms with van der Waals surface area (Å²) >= 11 is 0. The number of ketones is 1. The third-order valence-corrected chi connectivity index (χ3v) is 4.21. The number of benzene rings is 1. The fourth-order valence-corrected chi connectivity index (χ4v) is 2.85. The van der Waals surface area contributed by atoms with Gasteiger partial charge >= 0.3 is 0 Å². The molecular weight excluding hydrogens is 236 g/mol. The Labute approximate surface area is 116 Å². The summed E-state index contributed by atoms with van der Waals surface area (Å²) in [6.45, 7) is 9.00. The zero-order valence-electron chi connectivity index (χ0n) is 12.5. The topological polar surface area (TPSA) is 26.3 Å². The number of aryl methyl sites for hydroxylation is 3. The molecule has 104 valence electrons. The van der Waals surface area contributed by atoms with E-state index in [4.69, 9.17) is 4.74 Å². The molecule has 0 aliphatic heterocycles. The van der Waals surface area contributed by atoms with Crippen LogP contribution >= 0.6 is 0 Å². The molecule has 0 heterocycles. The van der Waals surface area contributed by atoms with Crippen LogP contribution in [0.3, 0.4) is 0 Å². The number of hydrogen-bond donors (Lipinski definition) is 0. The van der Waals surface area contributed by atoms with Crippen LogP contribution in [0.5, 0.6) is 0 Å². The first-order chi connectivity index (χ1) is 9.01. The molecule has 2 heteroatoms. The van der Waals surface area contributed by atoms with E-state index in [0.717, 1.165) is 30.6 Å². The van der Waals surface area contributed by atoms with E-state index in [9.17, 15) is 4.79 Å². The monoisotopic (exact) mass is 260 g/mol. The normalized spacial score (nSPS) is 22.1. The quantitative estimate of drug-likeness (QED) is 0.748. The molecule has 0 N–H and O–H groups in total. The predicted octanol–water partition coefficient (Wildman–Crippen LogP) is 4.00. The number of carbonyl (C=O) groups excluding carboxylic acids is 1. The minimum Gasteiger partial charge on any atom is -0.378 e. The van der Waals surface area contributed by atoms with E-state index < -0.39 is 0 Å². The number of carbonyl (C=O) groups is 1. The third-order valence-electron chi connectivity index (χ3n) is 4.21. The smallest absolute Gasteiger partial charge is 0.163 e. The zero-order valence-corrected chi connectivity index (χ0v) is 12.5. The predicted molar refractivity (Wildman–Crippen MR) is 77.7 cm³/mol. The van der Waals surface area contributed by atoms with Crippen LogP contribution in [-0.2, 0) is 4.74 Å². The Balaban J connectivity index is 1.96. The summed E-state index contributed by atoms with van der Waals surface area (Å²) in [5.74, 6) is 0.811. The van der Waals surface area contributed by atoms with Gasteiger partial charge in [-0.3, -0.25) is 4.79 Å². The van der Waals surface area contributed by atoms with Gasteiger partial charge in [0.05, 0.1) is 6.10 Å². The van der Waals surface area contributed by atoms with Gasteiger partial charge in [0, 0.05) is 18.6 Å². The maximum atomic E-state index is 12.4. The van der Waals surface area contributed by atoms with Crippen molar-refractivity contribution in [2.75, 3.05) is 6.61 Å². The van der Waals surface area contributed by atoms with Crippen LogP contribution in [0.25, 0.3) is 0 Å². The lowest BCUT2D eigenvalue weighted by molar-refractivity contribution is -0.0246. The molecule has 0 atom stereocenters. The second kappa shape index (κ2) is 5.87. The Bertz CT molecular complexity index is 470. The Kier molecular flexibility index (Phi) is 4.41. The van der Waals surface area contributed by atoms with E-state index in [-0.39, 0.29) is 0 Å². The Morgan fingerprint density at radius 2 is 1.79 bits per heavy atom. The van der Waals surface area contributed by atoms with Gasteiger partial charge in [0.2, 0.25) is 0 Å². The zero-order chi connectivity index (χ0) is 14.0. The molecule has 0 spiro atoms. The Morgan fingerprint density at radius 3 is 2.42 bits per heavy atom. The van der Waals surface area contributed by atoms with E-state index in [1.165, 1.54) is 11.1 Å². The molecule has 19 heavy (non-hydrogen) atoms. The summed E-state index contributed by atoms with van der Waals surface area (Å²) in [5, 5.41) is 0. The van der Waals surface area contributed by atoms with E-state index in [1.807, 2.05) is 19.9 Å². The second-order valence-corrected chi connectivity index (χ2v) is 5.79. The van der Waals surface area contributed by atoms with Crippen LogP contribution in [-0.4, -0.2) is 18.5 Å². The van der Waals surface area contributed by atoms with Crippen LogP contribution in [0.1, 0.15) is 53.2 Å². The fraction of sp³-hybridized carbons (Fsp3) is 0.588. The number of hydrogen-bond acceptors (Lipinski definition) is 2. The molecule has 0 amide bonds. The van der Waals surface area contributed by atoms with E-state index >= 15 is 0 Å². The number of ether oxygens (including phenoxy) is 1. The standard InChI is InChI=1S/C17H24O2/c1-5-19-15-8-14(9-15)10-17(18)16-7-12(3)11(2)6-13(16)4/h6-7,14-15H,5,8-10H2,1-4H3. The number of Topliss-reactive ketones (excluding diaryl/α,β-unsaturated/α-hetero) is 1. The molecule has 1 aliphatic rings. The minimum atomic E-state index is 0.292. The third kappa shape index (κ3) is 3.24. The van der Waals surface area contributed by atoms with Crippen molar-refractivity contribution in [2.24, 2.45) is 5.92 Å². The highest BCUT2D eigenvalue weighted by Gasteiger charge is 2.31. The molecule has 0 saturated heterocycles. The number of rotatable bonds is 5. The van der Waals surface area contributed by atoms with Crippen molar-refractivity contribution in [3.63, 3.8) is 0 Å². The van der Waals surface area contributed by atoms with Gasteiger partial charge in [-0.25, -0.2) is 0 Å². The van der Waals surface area contributed by atoms with E-state index in [1.54, 1.807) is 0 Å². The molecule has 1 aromatic rings. The first-order valence-electron chi connectivity index (χ1n) is 7.24. The highest BCUT2D eigenvalue weighted by molar-refractivity contribution is 5.97. The maximum absolute atomic E-state index is 12.4. The fourth-order valence-electron chi connectivity index (χ4n) is 2.85. The molecule has 0 bridgehead atoms.